The minimum atomic E-state index is -0.942. The van der Waals surface area contributed by atoms with Crippen molar-refractivity contribution in [3.63, 3.8) is 0 Å². The van der Waals surface area contributed by atoms with Crippen LogP contribution in [0.1, 0.15) is 21.7 Å². The van der Waals surface area contributed by atoms with Crippen molar-refractivity contribution in [3.05, 3.63) is 65.5 Å². The molecule has 0 saturated heterocycles. The summed E-state index contributed by atoms with van der Waals surface area (Å²) in [5.74, 6) is -0.241. The van der Waals surface area contributed by atoms with Gasteiger partial charge in [0, 0.05) is 0 Å². The normalized spacial score (nSPS) is 11.2. The fourth-order valence-electron chi connectivity index (χ4n) is 1.98. The third kappa shape index (κ3) is 2.44. The number of aromatic carboxylic acids is 1. The number of carbonyl (C=O) groups is 1. The third-order valence-electron chi connectivity index (χ3n) is 2.98. The first-order chi connectivity index (χ1) is 9.72. The highest BCUT2D eigenvalue weighted by atomic mass is 16.4. The average Bonchev–Trinajstić information content (AvgIpc) is 2.88. The molecule has 4 heteroatoms. The fourth-order valence-corrected chi connectivity index (χ4v) is 1.98. The second kappa shape index (κ2) is 5.01. The van der Waals surface area contributed by atoms with Gasteiger partial charge < -0.3 is 10.1 Å². The molecule has 1 heterocycles. The van der Waals surface area contributed by atoms with Crippen molar-refractivity contribution in [1.82, 2.24) is 9.97 Å². The number of H-pyrrole nitrogens is 1. The van der Waals surface area contributed by atoms with E-state index in [1.165, 1.54) is 0 Å². The quantitative estimate of drug-likeness (QED) is 0.761. The first-order valence-electron chi connectivity index (χ1n) is 6.18. The van der Waals surface area contributed by atoms with E-state index in [1.54, 1.807) is 18.2 Å². The molecule has 4 nitrogen and oxygen atoms in total. The molecule has 0 radical (unpaired) electrons. The lowest BCUT2D eigenvalue weighted by Gasteiger charge is -1.92. The summed E-state index contributed by atoms with van der Waals surface area (Å²) < 4.78 is 0. The number of aromatic nitrogens is 2. The maximum atomic E-state index is 10.9. The van der Waals surface area contributed by atoms with Crippen LogP contribution in [0.15, 0.2) is 48.5 Å². The van der Waals surface area contributed by atoms with Crippen LogP contribution in [0.25, 0.3) is 23.2 Å². The topological polar surface area (TPSA) is 66.0 Å². The summed E-state index contributed by atoms with van der Waals surface area (Å²) in [7, 11) is 0. The summed E-state index contributed by atoms with van der Waals surface area (Å²) >= 11 is 0. The molecule has 3 aromatic rings. The highest BCUT2D eigenvalue weighted by Crippen LogP contribution is 2.15. The van der Waals surface area contributed by atoms with Crippen molar-refractivity contribution in [2.24, 2.45) is 0 Å². The van der Waals surface area contributed by atoms with Crippen molar-refractivity contribution in [2.75, 3.05) is 0 Å². The van der Waals surface area contributed by atoms with Crippen LogP contribution in [-0.2, 0) is 0 Å². The zero-order valence-corrected chi connectivity index (χ0v) is 10.6. The number of aromatic amines is 1. The molecule has 0 aliphatic rings. The third-order valence-corrected chi connectivity index (χ3v) is 2.98. The van der Waals surface area contributed by atoms with Gasteiger partial charge in [-0.15, -0.1) is 0 Å². The van der Waals surface area contributed by atoms with Gasteiger partial charge in [-0.1, -0.05) is 36.4 Å². The predicted octanol–water partition coefficient (Wildman–Crippen LogP) is 3.43. The predicted molar refractivity (Wildman–Crippen MR) is 78.4 cm³/mol. The number of nitrogens with one attached hydrogen (secondary N) is 1. The second-order valence-electron chi connectivity index (χ2n) is 4.40. The molecule has 0 aliphatic heterocycles. The number of rotatable bonds is 3. The number of carboxylic acids is 1. The molecule has 2 aromatic carbocycles. The van der Waals surface area contributed by atoms with Gasteiger partial charge in [0.1, 0.15) is 5.82 Å². The smallest absolute Gasteiger partial charge is 0.335 e. The highest BCUT2D eigenvalue weighted by molar-refractivity contribution is 5.92. The van der Waals surface area contributed by atoms with Crippen molar-refractivity contribution in [3.8, 4) is 0 Å². The molecule has 0 saturated carbocycles. The van der Waals surface area contributed by atoms with Gasteiger partial charge in [-0.2, -0.15) is 0 Å². The summed E-state index contributed by atoms with van der Waals surface area (Å²) in [5.41, 5.74) is 2.80. The fraction of sp³-hybridized carbons (Fsp3) is 0. The molecule has 0 atom stereocenters. The Bertz CT molecular complexity index is 789. The van der Waals surface area contributed by atoms with Gasteiger partial charge in [0.2, 0.25) is 0 Å². The number of fused-ring (bicyclic) bond motifs is 1. The first kappa shape index (κ1) is 12.2. The molecule has 0 spiro atoms. The SMILES string of the molecule is O=C(O)c1ccc2nc(/C=C/c3ccccc3)[nH]c2c1. The Balaban J connectivity index is 1.93. The lowest BCUT2D eigenvalue weighted by Crippen LogP contribution is -1.94. The van der Waals surface area contributed by atoms with Crippen molar-refractivity contribution in [1.29, 1.82) is 0 Å². The van der Waals surface area contributed by atoms with Crippen LogP contribution in [0, 0.1) is 0 Å². The first-order valence-corrected chi connectivity index (χ1v) is 6.18. The Morgan fingerprint density at radius 2 is 1.90 bits per heavy atom. The number of benzene rings is 2. The van der Waals surface area contributed by atoms with E-state index in [2.05, 4.69) is 9.97 Å². The van der Waals surface area contributed by atoms with Crippen LogP contribution in [-0.4, -0.2) is 21.0 Å². The van der Waals surface area contributed by atoms with Crippen molar-refractivity contribution >= 4 is 29.2 Å². The van der Waals surface area contributed by atoms with Crippen LogP contribution in [0.5, 0.6) is 0 Å². The Labute approximate surface area is 115 Å². The van der Waals surface area contributed by atoms with Crippen molar-refractivity contribution in [2.45, 2.75) is 0 Å². The molecule has 0 fully saturated rings. The molecule has 2 N–H and O–H groups in total. The minimum Gasteiger partial charge on any atom is -0.478 e. The lowest BCUT2D eigenvalue weighted by atomic mass is 10.2. The largest absolute Gasteiger partial charge is 0.478 e. The summed E-state index contributed by atoms with van der Waals surface area (Å²) in [6.07, 6.45) is 3.82. The Hall–Kier alpha value is -2.88. The van der Waals surface area contributed by atoms with Crippen LogP contribution < -0.4 is 0 Å². The van der Waals surface area contributed by atoms with E-state index in [1.807, 2.05) is 42.5 Å². The second-order valence-corrected chi connectivity index (χ2v) is 4.40. The van der Waals surface area contributed by atoms with E-state index >= 15 is 0 Å². The Morgan fingerprint density at radius 1 is 1.10 bits per heavy atom. The van der Waals surface area contributed by atoms with Gasteiger partial charge in [-0.25, -0.2) is 9.78 Å². The zero-order valence-electron chi connectivity index (χ0n) is 10.6. The van der Waals surface area contributed by atoms with Gasteiger partial charge in [0.15, 0.2) is 0 Å². The van der Waals surface area contributed by atoms with E-state index in [0.29, 0.717) is 5.82 Å². The van der Waals surface area contributed by atoms with Gasteiger partial charge >= 0.3 is 5.97 Å². The van der Waals surface area contributed by atoms with Crippen LogP contribution in [0.2, 0.25) is 0 Å². The molecule has 3 rings (SSSR count). The Kier molecular flexibility index (Phi) is 3.05. The summed E-state index contributed by atoms with van der Waals surface area (Å²) in [5, 5.41) is 8.95. The number of hydrogen-bond acceptors (Lipinski definition) is 2. The molecular formula is C16H12N2O2. The minimum absolute atomic E-state index is 0.250. The molecule has 0 amide bonds. The van der Waals surface area contributed by atoms with Crippen LogP contribution in [0.4, 0.5) is 0 Å². The standard InChI is InChI=1S/C16H12N2O2/c19-16(20)12-7-8-13-14(10-12)18-15(17-13)9-6-11-4-2-1-3-5-11/h1-10H,(H,17,18)(H,19,20)/b9-6+. The number of imidazole rings is 1. The zero-order chi connectivity index (χ0) is 13.9. The highest BCUT2D eigenvalue weighted by Gasteiger charge is 2.06. The van der Waals surface area contributed by atoms with Gasteiger partial charge in [0.25, 0.3) is 0 Å². The molecule has 0 unspecified atom stereocenters. The van der Waals surface area contributed by atoms with E-state index in [4.69, 9.17) is 5.11 Å². The number of hydrogen-bond donors (Lipinski definition) is 2. The lowest BCUT2D eigenvalue weighted by molar-refractivity contribution is 0.0697. The summed E-state index contributed by atoms with van der Waals surface area (Å²) in [4.78, 5) is 18.4. The summed E-state index contributed by atoms with van der Waals surface area (Å²) in [6, 6.07) is 14.8. The van der Waals surface area contributed by atoms with E-state index < -0.39 is 5.97 Å². The molecule has 0 bridgehead atoms. The molecule has 20 heavy (non-hydrogen) atoms. The van der Waals surface area contributed by atoms with Gasteiger partial charge in [0.05, 0.1) is 16.6 Å². The van der Waals surface area contributed by atoms with E-state index in [9.17, 15) is 4.79 Å². The molecule has 0 aliphatic carbocycles. The maximum absolute atomic E-state index is 10.9. The monoisotopic (exact) mass is 264 g/mol. The molecule has 1 aromatic heterocycles. The van der Waals surface area contributed by atoms with Crippen LogP contribution in [0.3, 0.4) is 0 Å². The van der Waals surface area contributed by atoms with Crippen LogP contribution >= 0.6 is 0 Å². The number of nitrogens with zero attached hydrogens (tertiary/aromatic N) is 1. The Morgan fingerprint density at radius 3 is 2.65 bits per heavy atom. The van der Waals surface area contributed by atoms with Crippen molar-refractivity contribution < 1.29 is 9.90 Å². The molecular weight excluding hydrogens is 252 g/mol. The summed E-state index contributed by atoms with van der Waals surface area (Å²) in [6.45, 7) is 0. The van der Waals surface area contributed by atoms with E-state index in [0.717, 1.165) is 16.6 Å². The van der Waals surface area contributed by atoms with Gasteiger partial charge in [-0.3, -0.25) is 0 Å². The maximum Gasteiger partial charge on any atom is 0.335 e. The van der Waals surface area contributed by atoms with Gasteiger partial charge in [-0.05, 0) is 29.8 Å². The molecule has 98 valence electrons. The van der Waals surface area contributed by atoms with E-state index in [-0.39, 0.29) is 5.56 Å². The number of carboxylic acid groups (broad SMARTS) is 1. The average molecular weight is 264 g/mol.